The Bertz CT molecular complexity index is 168. The van der Waals surface area contributed by atoms with Crippen molar-refractivity contribution in [1.82, 2.24) is 4.90 Å². The largest absolute Gasteiger partial charge is 0.411 e. The minimum absolute atomic E-state index is 0.154. The van der Waals surface area contributed by atoms with Crippen LogP contribution in [0.25, 0.3) is 0 Å². The summed E-state index contributed by atoms with van der Waals surface area (Å²) in [4.78, 5) is 2.12. The van der Waals surface area contributed by atoms with E-state index in [2.05, 4.69) is 23.2 Å². The van der Waals surface area contributed by atoms with Crippen LogP contribution in [0.4, 0.5) is 0 Å². The Hall–Kier alpha value is -1.09. The van der Waals surface area contributed by atoms with Gasteiger partial charge in [-0.25, -0.2) is 0 Å². The third kappa shape index (κ3) is 4.48. The van der Waals surface area contributed by atoms with E-state index in [9.17, 15) is 0 Å². The zero-order valence-corrected chi connectivity index (χ0v) is 8.19. The minimum Gasteiger partial charge on any atom is -0.411 e. The first-order chi connectivity index (χ1) is 6.29. The fourth-order valence-corrected chi connectivity index (χ4v) is 1.21. The predicted molar refractivity (Wildman–Crippen MR) is 56.3 cm³/mol. The summed E-state index contributed by atoms with van der Waals surface area (Å²) in [6.45, 7) is 10.9. The molecule has 1 atom stereocenters. The molecule has 0 aliphatic rings. The lowest BCUT2D eigenvalue weighted by atomic mass is 10.2. The van der Waals surface area contributed by atoms with Crippen molar-refractivity contribution < 1.29 is 5.21 Å². The molecule has 0 amide bonds. The SMILES string of the molecule is C=CCN(CC=C)C(/C=N/O)CC. The highest BCUT2D eigenvalue weighted by Crippen LogP contribution is 2.02. The van der Waals surface area contributed by atoms with Crippen molar-refractivity contribution in [3.63, 3.8) is 0 Å². The molecule has 0 saturated heterocycles. The zero-order chi connectivity index (χ0) is 10.1. The molecule has 74 valence electrons. The lowest BCUT2D eigenvalue weighted by molar-refractivity contribution is 0.277. The summed E-state index contributed by atoms with van der Waals surface area (Å²) in [5.74, 6) is 0. The maximum absolute atomic E-state index is 8.44. The molecule has 0 aliphatic heterocycles. The highest BCUT2D eigenvalue weighted by Gasteiger charge is 2.11. The van der Waals surface area contributed by atoms with Gasteiger partial charge in [-0.05, 0) is 6.42 Å². The average Bonchev–Trinajstić information content (AvgIpc) is 2.14. The summed E-state index contributed by atoms with van der Waals surface area (Å²) in [7, 11) is 0. The van der Waals surface area contributed by atoms with Crippen molar-refractivity contribution in [2.75, 3.05) is 13.1 Å². The topological polar surface area (TPSA) is 35.8 Å². The summed E-state index contributed by atoms with van der Waals surface area (Å²) >= 11 is 0. The van der Waals surface area contributed by atoms with Crippen LogP contribution in [0, 0.1) is 0 Å². The molecule has 13 heavy (non-hydrogen) atoms. The van der Waals surface area contributed by atoms with Gasteiger partial charge in [-0.1, -0.05) is 19.1 Å². The van der Waals surface area contributed by atoms with Crippen LogP contribution >= 0.6 is 0 Å². The number of hydrogen-bond donors (Lipinski definition) is 1. The Balaban J connectivity index is 4.26. The van der Waals surface area contributed by atoms with Crippen LogP contribution in [0.3, 0.4) is 0 Å². The van der Waals surface area contributed by atoms with E-state index in [1.54, 1.807) is 0 Å². The maximum Gasteiger partial charge on any atom is 0.0607 e. The van der Waals surface area contributed by atoms with E-state index in [1.807, 2.05) is 19.1 Å². The summed E-state index contributed by atoms with van der Waals surface area (Å²) < 4.78 is 0. The van der Waals surface area contributed by atoms with Crippen molar-refractivity contribution in [3.05, 3.63) is 25.3 Å². The van der Waals surface area contributed by atoms with Crippen LogP contribution in [-0.2, 0) is 0 Å². The van der Waals surface area contributed by atoms with Crippen molar-refractivity contribution in [2.45, 2.75) is 19.4 Å². The van der Waals surface area contributed by atoms with Gasteiger partial charge in [0, 0.05) is 19.1 Å². The van der Waals surface area contributed by atoms with Crippen LogP contribution in [0.15, 0.2) is 30.5 Å². The monoisotopic (exact) mass is 182 g/mol. The second-order valence-corrected chi connectivity index (χ2v) is 2.77. The van der Waals surface area contributed by atoms with Gasteiger partial charge in [-0.3, -0.25) is 4.90 Å². The molecule has 0 rings (SSSR count). The fourth-order valence-electron chi connectivity index (χ4n) is 1.21. The standard InChI is InChI=1S/C10H18N2O/c1-4-7-12(8-5-2)10(6-3)9-11-13/h4-5,9-10,13H,1-2,6-8H2,3H3/b11-9+. The molecule has 1 N–H and O–H groups in total. The van der Waals surface area contributed by atoms with Crippen molar-refractivity contribution in [3.8, 4) is 0 Å². The first-order valence-electron chi connectivity index (χ1n) is 4.43. The smallest absolute Gasteiger partial charge is 0.0607 e. The highest BCUT2D eigenvalue weighted by molar-refractivity contribution is 5.63. The summed E-state index contributed by atoms with van der Waals surface area (Å²) in [6.07, 6.45) is 6.10. The van der Waals surface area contributed by atoms with Crippen LogP contribution in [0.5, 0.6) is 0 Å². The van der Waals surface area contributed by atoms with Gasteiger partial charge < -0.3 is 5.21 Å². The van der Waals surface area contributed by atoms with E-state index < -0.39 is 0 Å². The third-order valence-electron chi connectivity index (χ3n) is 1.85. The Morgan fingerprint density at radius 1 is 1.38 bits per heavy atom. The van der Waals surface area contributed by atoms with Gasteiger partial charge in [0.25, 0.3) is 0 Å². The van der Waals surface area contributed by atoms with Crippen molar-refractivity contribution in [1.29, 1.82) is 0 Å². The Labute approximate surface area is 80.0 Å². The van der Waals surface area contributed by atoms with Gasteiger partial charge in [0.2, 0.25) is 0 Å². The van der Waals surface area contributed by atoms with Gasteiger partial charge >= 0.3 is 0 Å². The second-order valence-electron chi connectivity index (χ2n) is 2.77. The molecule has 0 spiro atoms. The summed E-state index contributed by atoms with van der Waals surface area (Å²) in [6, 6.07) is 0.154. The van der Waals surface area contributed by atoms with Crippen LogP contribution < -0.4 is 0 Å². The van der Waals surface area contributed by atoms with Crippen molar-refractivity contribution >= 4 is 6.21 Å². The molecule has 3 nitrogen and oxygen atoms in total. The lowest BCUT2D eigenvalue weighted by Gasteiger charge is -2.25. The molecule has 0 aromatic carbocycles. The number of hydrogen-bond acceptors (Lipinski definition) is 3. The average molecular weight is 182 g/mol. The van der Waals surface area contributed by atoms with Gasteiger partial charge in [-0.15, -0.1) is 18.3 Å². The zero-order valence-electron chi connectivity index (χ0n) is 8.19. The molecule has 0 radical (unpaired) electrons. The van der Waals surface area contributed by atoms with Gasteiger partial charge in [-0.2, -0.15) is 0 Å². The molecule has 0 aromatic rings. The normalized spacial score (nSPS) is 13.4. The molecular weight excluding hydrogens is 164 g/mol. The minimum atomic E-state index is 0.154. The van der Waals surface area contributed by atoms with Gasteiger partial charge in [0.1, 0.15) is 0 Å². The third-order valence-corrected chi connectivity index (χ3v) is 1.85. The molecule has 0 saturated carbocycles. The molecule has 0 bridgehead atoms. The Morgan fingerprint density at radius 2 is 1.92 bits per heavy atom. The number of nitrogens with zero attached hydrogens (tertiary/aromatic N) is 2. The molecule has 0 fully saturated rings. The molecule has 0 heterocycles. The molecule has 1 unspecified atom stereocenters. The van der Waals surface area contributed by atoms with Gasteiger partial charge in [0.15, 0.2) is 0 Å². The highest BCUT2D eigenvalue weighted by atomic mass is 16.4. The molecular formula is C10H18N2O. The number of rotatable bonds is 7. The predicted octanol–water partition coefficient (Wildman–Crippen LogP) is 1.90. The number of oxime groups is 1. The molecule has 0 aromatic heterocycles. The Morgan fingerprint density at radius 3 is 2.23 bits per heavy atom. The van der Waals surface area contributed by atoms with E-state index >= 15 is 0 Å². The van der Waals surface area contributed by atoms with E-state index in [4.69, 9.17) is 5.21 Å². The van der Waals surface area contributed by atoms with E-state index in [0.717, 1.165) is 19.5 Å². The van der Waals surface area contributed by atoms with E-state index in [0.29, 0.717) is 0 Å². The van der Waals surface area contributed by atoms with E-state index in [-0.39, 0.29) is 6.04 Å². The van der Waals surface area contributed by atoms with Gasteiger partial charge in [0.05, 0.1) is 6.21 Å². The molecule has 3 heteroatoms. The summed E-state index contributed by atoms with van der Waals surface area (Å²) in [5.41, 5.74) is 0. The Kier molecular flexibility index (Phi) is 6.92. The van der Waals surface area contributed by atoms with Crippen LogP contribution in [-0.4, -0.2) is 35.5 Å². The summed E-state index contributed by atoms with van der Waals surface area (Å²) in [5, 5.41) is 11.5. The molecule has 0 aliphatic carbocycles. The quantitative estimate of drug-likeness (QED) is 0.282. The first kappa shape index (κ1) is 11.9. The lowest BCUT2D eigenvalue weighted by Crippen LogP contribution is -2.36. The second kappa shape index (κ2) is 7.55. The van der Waals surface area contributed by atoms with Crippen LogP contribution in [0.1, 0.15) is 13.3 Å². The van der Waals surface area contributed by atoms with Crippen LogP contribution in [0.2, 0.25) is 0 Å². The van der Waals surface area contributed by atoms with E-state index in [1.165, 1.54) is 6.21 Å². The fraction of sp³-hybridized carbons (Fsp3) is 0.500. The maximum atomic E-state index is 8.44. The first-order valence-corrected chi connectivity index (χ1v) is 4.43. The van der Waals surface area contributed by atoms with Crippen molar-refractivity contribution in [2.24, 2.45) is 5.16 Å².